The fourth-order valence-corrected chi connectivity index (χ4v) is 2.50. The molecule has 3 aromatic rings. The average Bonchev–Trinajstić information content (AvgIpc) is 2.74. The summed E-state index contributed by atoms with van der Waals surface area (Å²) in [6, 6.07) is 10.4. The Kier molecular flexibility index (Phi) is 3.14. The zero-order valence-corrected chi connectivity index (χ0v) is 12.0. The SMILES string of the molecule is Cc1cc(CNc2cn(C)nc2C)c2ccccc2n1. The van der Waals surface area contributed by atoms with Crippen molar-refractivity contribution in [3.63, 3.8) is 0 Å². The number of aryl methyl sites for hydroxylation is 3. The summed E-state index contributed by atoms with van der Waals surface area (Å²) >= 11 is 0. The van der Waals surface area contributed by atoms with Gasteiger partial charge in [-0.2, -0.15) is 5.10 Å². The molecule has 1 N–H and O–H groups in total. The Morgan fingerprint density at radius 1 is 1.20 bits per heavy atom. The largest absolute Gasteiger partial charge is 0.378 e. The summed E-state index contributed by atoms with van der Waals surface area (Å²) in [7, 11) is 1.93. The van der Waals surface area contributed by atoms with Crippen LogP contribution in [-0.2, 0) is 13.6 Å². The second kappa shape index (κ2) is 4.96. The maximum absolute atomic E-state index is 4.57. The molecule has 0 amide bonds. The lowest BCUT2D eigenvalue weighted by Gasteiger charge is -2.09. The molecule has 0 aliphatic heterocycles. The molecule has 0 aliphatic rings. The van der Waals surface area contributed by atoms with Crippen LogP contribution in [0.25, 0.3) is 10.9 Å². The fourth-order valence-electron chi connectivity index (χ4n) is 2.50. The van der Waals surface area contributed by atoms with Crippen LogP contribution in [0.5, 0.6) is 0 Å². The quantitative estimate of drug-likeness (QED) is 0.791. The minimum absolute atomic E-state index is 0.774. The van der Waals surface area contributed by atoms with Crippen LogP contribution in [0.3, 0.4) is 0 Å². The molecule has 0 saturated heterocycles. The summed E-state index contributed by atoms with van der Waals surface area (Å²) in [5, 5.41) is 9.00. The molecule has 0 radical (unpaired) electrons. The Balaban J connectivity index is 1.92. The number of nitrogens with zero attached hydrogens (tertiary/aromatic N) is 3. The predicted molar refractivity (Wildman–Crippen MR) is 81.8 cm³/mol. The maximum Gasteiger partial charge on any atom is 0.0825 e. The molecule has 4 heteroatoms. The first-order chi connectivity index (χ1) is 9.63. The Morgan fingerprint density at radius 3 is 2.75 bits per heavy atom. The van der Waals surface area contributed by atoms with Gasteiger partial charge in [0.1, 0.15) is 0 Å². The molecular weight excluding hydrogens is 248 g/mol. The van der Waals surface area contributed by atoms with E-state index in [-0.39, 0.29) is 0 Å². The number of rotatable bonds is 3. The molecule has 2 heterocycles. The topological polar surface area (TPSA) is 42.7 Å². The lowest BCUT2D eigenvalue weighted by atomic mass is 10.1. The molecule has 0 saturated carbocycles. The molecule has 4 nitrogen and oxygen atoms in total. The molecule has 0 bridgehead atoms. The summed E-state index contributed by atoms with van der Waals surface area (Å²) in [6.07, 6.45) is 2.01. The molecule has 0 aliphatic carbocycles. The molecule has 0 unspecified atom stereocenters. The van der Waals surface area contributed by atoms with Crippen molar-refractivity contribution in [2.45, 2.75) is 20.4 Å². The van der Waals surface area contributed by atoms with Gasteiger partial charge in [-0.1, -0.05) is 18.2 Å². The summed E-state index contributed by atoms with van der Waals surface area (Å²) in [5.41, 5.74) is 5.45. The van der Waals surface area contributed by atoms with Crippen LogP contribution in [0.1, 0.15) is 17.0 Å². The highest BCUT2D eigenvalue weighted by Crippen LogP contribution is 2.20. The number of nitrogens with one attached hydrogen (secondary N) is 1. The number of hydrogen-bond donors (Lipinski definition) is 1. The van der Waals surface area contributed by atoms with E-state index in [9.17, 15) is 0 Å². The number of aromatic nitrogens is 3. The highest BCUT2D eigenvalue weighted by atomic mass is 15.3. The van der Waals surface area contributed by atoms with Crippen molar-refractivity contribution in [1.82, 2.24) is 14.8 Å². The van der Waals surface area contributed by atoms with E-state index in [4.69, 9.17) is 0 Å². The van der Waals surface area contributed by atoms with Gasteiger partial charge in [-0.25, -0.2) is 0 Å². The molecule has 3 rings (SSSR count). The molecule has 0 atom stereocenters. The zero-order valence-electron chi connectivity index (χ0n) is 12.0. The van der Waals surface area contributed by atoms with Crippen molar-refractivity contribution in [3.8, 4) is 0 Å². The van der Waals surface area contributed by atoms with Gasteiger partial charge >= 0.3 is 0 Å². The standard InChI is InChI=1S/C16H18N4/c1-11-8-13(14-6-4-5-7-15(14)18-11)9-17-16-10-20(3)19-12(16)2/h4-8,10,17H,9H2,1-3H3. The van der Waals surface area contributed by atoms with Gasteiger partial charge in [-0.05, 0) is 31.5 Å². The highest BCUT2D eigenvalue weighted by Gasteiger charge is 2.06. The van der Waals surface area contributed by atoms with Crippen molar-refractivity contribution in [3.05, 3.63) is 53.5 Å². The normalized spacial score (nSPS) is 10.9. The average molecular weight is 266 g/mol. The van der Waals surface area contributed by atoms with E-state index in [1.165, 1.54) is 10.9 Å². The number of pyridine rings is 1. The van der Waals surface area contributed by atoms with E-state index in [2.05, 4.69) is 39.7 Å². The van der Waals surface area contributed by atoms with Crippen molar-refractivity contribution in [1.29, 1.82) is 0 Å². The lowest BCUT2D eigenvalue weighted by molar-refractivity contribution is 0.756. The monoisotopic (exact) mass is 266 g/mol. The molecule has 1 aromatic carbocycles. The fraction of sp³-hybridized carbons (Fsp3) is 0.250. The third-order valence-electron chi connectivity index (χ3n) is 3.41. The van der Waals surface area contributed by atoms with Crippen LogP contribution < -0.4 is 5.32 Å². The number of benzene rings is 1. The van der Waals surface area contributed by atoms with Crippen LogP contribution in [0, 0.1) is 13.8 Å². The van der Waals surface area contributed by atoms with Crippen molar-refractivity contribution in [2.75, 3.05) is 5.32 Å². The number of hydrogen-bond acceptors (Lipinski definition) is 3. The van der Waals surface area contributed by atoms with Crippen LogP contribution in [-0.4, -0.2) is 14.8 Å². The van der Waals surface area contributed by atoms with Gasteiger partial charge in [0.05, 0.1) is 16.9 Å². The van der Waals surface area contributed by atoms with E-state index in [0.29, 0.717) is 0 Å². The minimum Gasteiger partial charge on any atom is -0.378 e. The van der Waals surface area contributed by atoms with Gasteiger partial charge in [-0.15, -0.1) is 0 Å². The molecule has 0 fully saturated rings. The first-order valence-electron chi connectivity index (χ1n) is 6.73. The Labute approximate surface area is 118 Å². The smallest absolute Gasteiger partial charge is 0.0825 e. The van der Waals surface area contributed by atoms with Gasteiger partial charge in [0.2, 0.25) is 0 Å². The summed E-state index contributed by atoms with van der Waals surface area (Å²) in [6.45, 7) is 4.82. The van der Waals surface area contributed by atoms with E-state index >= 15 is 0 Å². The number of anilines is 1. The van der Waals surface area contributed by atoms with Crippen molar-refractivity contribution in [2.24, 2.45) is 7.05 Å². The van der Waals surface area contributed by atoms with Crippen LogP contribution in [0.2, 0.25) is 0 Å². The Bertz CT molecular complexity index is 758. The molecule has 2 aromatic heterocycles. The summed E-state index contributed by atoms with van der Waals surface area (Å²) in [4.78, 5) is 4.57. The minimum atomic E-state index is 0.774. The van der Waals surface area contributed by atoms with E-state index in [1.807, 2.05) is 37.8 Å². The first kappa shape index (κ1) is 12.7. The van der Waals surface area contributed by atoms with E-state index in [1.54, 1.807) is 0 Å². The number of fused-ring (bicyclic) bond motifs is 1. The van der Waals surface area contributed by atoms with E-state index in [0.717, 1.165) is 29.1 Å². The maximum atomic E-state index is 4.57. The van der Waals surface area contributed by atoms with Crippen molar-refractivity contribution < 1.29 is 0 Å². The predicted octanol–water partition coefficient (Wildman–Crippen LogP) is 3.20. The number of para-hydroxylation sites is 1. The molecule has 0 spiro atoms. The van der Waals surface area contributed by atoms with Gasteiger partial charge in [-0.3, -0.25) is 9.67 Å². The second-order valence-corrected chi connectivity index (χ2v) is 5.10. The second-order valence-electron chi connectivity index (χ2n) is 5.10. The molecule has 20 heavy (non-hydrogen) atoms. The highest BCUT2D eigenvalue weighted by molar-refractivity contribution is 5.82. The van der Waals surface area contributed by atoms with Gasteiger partial charge < -0.3 is 5.32 Å². The van der Waals surface area contributed by atoms with Gasteiger partial charge in [0.25, 0.3) is 0 Å². The van der Waals surface area contributed by atoms with Gasteiger partial charge in [0, 0.05) is 30.9 Å². The first-order valence-corrected chi connectivity index (χ1v) is 6.73. The van der Waals surface area contributed by atoms with Crippen LogP contribution in [0.4, 0.5) is 5.69 Å². The van der Waals surface area contributed by atoms with Crippen LogP contribution >= 0.6 is 0 Å². The molecule has 102 valence electrons. The third kappa shape index (κ3) is 2.37. The third-order valence-corrected chi connectivity index (χ3v) is 3.41. The summed E-state index contributed by atoms with van der Waals surface area (Å²) in [5.74, 6) is 0. The Hall–Kier alpha value is -2.36. The molecular formula is C16H18N4. The lowest BCUT2D eigenvalue weighted by Crippen LogP contribution is -2.02. The van der Waals surface area contributed by atoms with Crippen molar-refractivity contribution >= 4 is 16.6 Å². The van der Waals surface area contributed by atoms with Gasteiger partial charge in [0.15, 0.2) is 0 Å². The van der Waals surface area contributed by atoms with Crippen LogP contribution in [0.15, 0.2) is 36.5 Å². The zero-order chi connectivity index (χ0) is 14.1. The Morgan fingerprint density at radius 2 is 2.00 bits per heavy atom. The van der Waals surface area contributed by atoms with E-state index < -0.39 is 0 Å². The summed E-state index contributed by atoms with van der Waals surface area (Å²) < 4.78 is 1.83.